The molecule has 4 rings (SSSR count). The molecule has 4 aromatic rings. The van der Waals surface area contributed by atoms with Gasteiger partial charge in [-0.1, -0.05) is 43.3 Å². The normalized spacial score (nSPS) is 11.4. The molecule has 0 aliphatic heterocycles. The molecule has 0 radical (unpaired) electrons. The fourth-order valence-electron chi connectivity index (χ4n) is 3.37. The smallest absolute Gasteiger partial charge is 0.222 e. The van der Waals surface area contributed by atoms with Gasteiger partial charge in [0, 0.05) is 17.3 Å². The Labute approximate surface area is 141 Å². The Balaban J connectivity index is 2.05. The zero-order valence-electron chi connectivity index (χ0n) is 14.0. The molecular formula is C20H20N4. The largest absolute Gasteiger partial charge is 0.368 e. The molecule has 0 bridgehead atoms. The van der Waals surface area contributed by atoms with Crippen LogP contribution in [0.15, 0.2) is 48.5 Å². The number of nitrogen functional groups attached to an aromatic ring is 1. The van der Waals surface area contributed by atoms with Crippen LogP contribution >= 0.6 is 0 Å². The van der Waals surface area contributed by atoms with Crippen molar-refractivity contribution in [2.75, 3.05) is 5.73 Å². The summed E-state index contributed by atoms with van der Waals surface area (Å²) < 4.78 is 2.24. The minimum Gasteiger partial charge on any atom is -0.368 e. The van der Waals surface area contributed by atoms with Gasteiger partial charge in [0.25, 0.3) is 0 Å². The number of anilines is 1. The topological polar surface area (TPSA) is 56.7 Å². The SMILES string of the molecule is CCc1ccc2c(c1)c1c(C)nc(N)nc1n2Cc1ccccc1. The molecule has 0 atom stereocenters. The quantitative estimate of drug-likeness (QED) is 0.619. The summed E-state index contributed by atoms with van der Waals surface area (Å²) in [5.41, 5.74) is 11.5. The average molecular weight is 316 g/mol. The van der Waals surface area contributed by atoms with Crippen LogP contribution in [0, 0.1) is 6.92 Å². The van der Waals surface area contributed by atoms with E-state index >= 15 is 0 Å². The molecule has 2 N–H and O–H groups in total. The first kappa shape index (κ1) is 14.7. The molecule has 4 heteroatoms. The van der Waals surface area contributed by atoms with Crippen LogP contribution in [0.5, 0.6) is 0 Å². The van der Waals surface area contributed by atoms with E-state index in [0.717, 1.165) is 29.7 Å². The van der Waals surface area contributed by atoms with Crippen molar-refractivity contribution in [2.45, 2.75) is 26.8 Å². The summed E-state index contributed by atoms with van der Waals surface area (Å²) >= 11 is 0. The first-order valence-electron chi connectivity index (χ1n) is 8.26. The van der Waals surface area contributed by atoms with Crippen molar-refractivity contribution in [3.05, 3.63) is 65.4 Å². The molecule has 0 aliphatic carbocycles. The lowest BCUT2D eigenvalue weighted by Gasteiger charge is -2.07. The van der Waals surface area contributed by atoms with Crippen LogP contribution in [-0.4, -0.2) is 14.5 Å². The standard InChI is InChI=1S/C20H20N4/c1-3-14-9-10-17-16(11-14)18-13(2)22-20(21)23-19(18)24(17)12-15-7-5-4-6-8-15/h4-11H,3,12H2,1-2H3,(H2,21,22,23). The van der Waals surface area contributed by atoms with Crippen molar-refractivity contribution in [3.63, 3.8) is 0 Å². The van der Waals surface area contributed by atoms with Crippen LogP contribution < -0.4 is 5.73 Å². The summed E-state index contributed by atoms with van der Waals surface area (Å²) in [6.07, 6.45) is 1.01. The maximum Gasteiger partial charge on any atom is 0.222 e. The maximum absolute atomic E-state index is 5.93. The van der Waals surface area contributed by atoms with Gasteiger partial charge < -0.3 is 10.3 Å². The van der Waals surface area contributed by atoms with Crippen molar-refractivity contribution in [3.8, 4) is 0 Å². The molecule has 2 aromatic carbocycles. The van der Waals surface area contributed by atoms with E-state index < -0.39 is 0 Å². The minimum absolute atomic E-state index is 0.327. The van der Waals surface area contributed by atoms with Gasteiger partial charge in [-0.2, -0.15) is 4.98 Å². The monoisotopic (exact) mass is 316 g/mol. The molecule has 2 heterocycles. The molecule has 0 amide bonds. The second-order valence-corrected chi connectivity index (χ2v) is 6.14. The fraction of sp³-hybridized carbons (Fsp3) is 0.200. The highest BCUT2D eigenvalue weighted by molar-refractivity contribution is 6.08. The number of aryl methyl sites for hydroxylation is 2. The Kier molecular flexibility index (Phi) is 3.45. The number of aromatic nitrogens is 3. The van der Waals surface area contributed by atoms with Gasteiger partial charge in [-0.3, -0.25) is 0 Å². The Bertz CT molecular complexity index is 1030. The highest BCUT2D eigenvalue weighted by atomic mass is 15.1. The second kappa shape index (κ2) is 5.64. The van der Waals surface area contributed by atoms with Gasteiger partial charge in [0.2, 0.25) is 5.95 Å². The Morgan fingerprint density at radius 3 is 2.54 bits per heavy atom. The third kappa shape index (κ3) is 2.31. The van der Waals surface area contributed by atoms with Gasteiger partial charge in [-0.25, -0.2) is 4.98 Å². The van der Waals surface area contributed by atoms with Gasteiger partial charge in [-0.05, 0) is 36.6 Å². The van der Waals surface area contributed by atoms with Gasteiger partial charge in [0.1, 0.15) is 5.65 Å². The summed E-state index contributed by atoms with van der Waals surface area (Å²) in [6, 6.07) is 17.1. The lowest BCUT2D eigenvalue weighted by Crippen LogP contribution is -2.03. The van der Waals surface area contributed by atoms with Crippen LogP contribution in [0.3, 0.4) is 0 Å². The van der Waals surface area contributed by atoms with Crippen molar-refractivity contribution >= 4 is 27.9 Å². The Hall–Kier alpha value is -2.88. The summed E-state index contributed by atoms with van der Waals surface area (Å²) in [5, 5.41) is 2.31. The van der Waals surface area contributed by atoms with Gasteiger partial charge in [-0.15, -0.1) is 0 Å². The van der Waals surface area contributed by atoms with E-state index in [9.17, 15) is 0 Å². The Morgan fingerprint density at radius 2 is 1.79 bits per heavy atom. The van der Waals surface area contributed by atoms with E-state index in [1.165, 1.54) is 22.0 Å². The predicted molar refractivity (Wildman–Crippen MR) is 99.1 cm³/mol. The van der Waals surface area contributed by atoms with Crippen molar-refractivity contribution < 1.29 is 0 Å². The lowest BCUT2D eigenvalue weighted by atomic mass is 10.1. The molecule has 0 unspecified atom stereocenters. The lowest BCUT2D eigenvalue weighted by molar-refractivity contribution is 0.854. The molecule has 0 aliphatic rings. The molecule has 2 aromatic heterocycles. The molecular weight excluding hydrogens is 296 g/mol. The van der Waals surface area contributed by atoms with Gasteiger partial charge in [0.05, 0.1) is 11.2 Å². The number of hydrogen-bond donors (Lipinski definition) is 1. The summed E-state index contributed by atoms with van der Waals surface area (Å²) in [4.78, 5) is 8.94. The van der Waals surface area contributed by atoms with E-state index in [-0.39, 0.29) is 0 Å². The van der Waals surface area contributed by atoms with Crippen LogP contribution in [-0.2, 0) is 13.0 Å². The van der Waals surface area contributed by atoms with Gasteiger partial charge in [0.15, 0.2) is 0 Å². The molecule has 0 saturated carbocycles. The van der Waals surface area contributed by atoms with E-state index in [2.05, 4.69) is 63.9 Å². The van der Waals surface area contributed by atoms with E-state index in [1.807, 2.05) is 13.0 Å². The molecule has 4 nitrogen and oxygen atoms in total. The number of nitrogens with two attached hydrogens (primary N) is 1. The van der Waals surface area contributed by atoms with Crippen molar-refractivity contribution in [1.82, 2.24) is 14.5 Å². The minimum atomic E-state index is 0.327. The zero-order valence-corrected chi connectivity index (χ0v) is 14.0. The maximum atomic E-state index is 5.93. The second-order valence-electron chi connectivity index (χ2n) is 6.14. The average Bonchev–Trinajstić information content (AvgIpc) is 2.89. The van der Waals surface area contributed by atoms with E-state index in [0.29, 0.717) is 5.95 Å². The summed E-state index contributed by atoms with van der Waals surface area (Å²) in [5.74, 6) is 0.327. The fourth-order valence-corrected chi connectivity index (χ4v) is 3.37. The molecule has 120 valence electrons. The molecule has 24 heavy (non-hydrogen) atoms. The highest BCUT2D eigenvalue weighted by Gasteiger charge is 2.16. The van der Waals surface area contributed by atoms with E-state index in [4.69, 9.17) is 5.73 Å². The number of fused-ring (bicyclic) bond motifs is 3. The predicted octanol–water partition coefficient (Wildman–Crippen LogP) is 4.09. The molecule has 0 spiro atoms. The van der Waals surface area contributed by atoms with E-state index in [1.54, 1.807) is 0 Å². The van der Waals surface area contributed by atoms with Crippen LogP contribution in [0.1, 0.15) is 23.7 Å². The number of benzene rings is 2. The highest BCUT2D eigenvalue weighted by Crippen LogP contribution is 2.31. The first-order valence-corrected chi connectivity index (χ1v) is 8.26. The van der Waals surface area contributed by atoms with Crippen LogP contribution in [0.25, 0.3) is 21.9 Å². The van der Waals surface area contributed by atoms with Gasteiger partial charge >= 0.3 is 0 Å². The third-order valence-electron chi connectivity index (χ3n) is 4.56. The number of hydrogen-bond acceptors (Lipinski definition) is 3. The van der Waals surface area contributed by atoms with Crippen molar-refractivity contribution in [2.24, 2.45) is 0 Å². The number of rotatable bonds is 3. The summed E-state index contributed by atoms with van der Waals surface area (Å²) in [6.45, 7) is 4.94. The number of nitrogens with zero attached hydrogens (tertiary/aromatic N) is 3. The zero-order chi connectivity index (χ0) is 16.7. The molecule has 0 saturated heterocycles. The Morgan fingerprint density at radius 1 is 1.00 bits per heavy atom. The summed E-state index contributed by atoms with van der Waals surface area (Å²) in [7, 11) is 0. The first-order chi connectivity index (χ1) is 11.7. The molecule has 0 fully saturated rings. The van der Waals surface area contributed by atoms with Crippen molar-refractivity contribution in [1.29, 1.82) is 0 Å². The van der Waals surface area contributed by atoms with Crippen LogP contribution in [0.4, 0.5) is 5.95 Å². The third-order valence-corrected chi connectivity index (χ3v) is 4.56. The van der Waals surface area contributed by atoms with Crippen LogP contribution in [0.2, 0.25) is 0 Å².